The number of esters is 2. The number of ether oxygens (including phenoxy) is 2. The minimum Gasteiger partial charge on any atom is -0.453 e. The van der Waals surface area contributed by atoms with Gasteiger partial charge in [-0.25, -0.2) is 19.6 Å². The molecule has 0 aliphatic heterocycles. The molecule has 2 amide bonds. The number of carbonyl (C=O) groups excluding carboxylic acids is 6. The number of imidazole rings is 2. The van der Waals surface area contributed by atoms with Crippen LogP contribution in [-0.2, 0) is 46.2 Å². The van der Waals surface area contributed by atoms with Crippen molar-refractivity contribution in [3.8, 4) is 0 Å². The van der Waals surface area contributed by atoms with Gasteiger partial charge in [-0.15, -0.1) is 0 Å². The summed E-state index contributed by atoms with van der Waals surface area (Å²) in [7, 11) is 3.50. The molecule has 0 saturated heterocycles. The predicted molar refractivity (Wildman–Crippen MR) is 208 cm³/mol. The van der Waals surface area contributed by atoms with Crippen LogP contribution in [-0.4, -0.2) is 63.6 Å². The van der Waals surface area contributed by atoms with Crippen molar-refractivity contribution in [3.63, 3.8) is 0 Å². The Hall–Kier alpha value is -7.10. The fourth-order valence-electron chi connectivity index (χ4n) is 8.56. The van der Waals surface area contributed by atoms with E-state index in [1.165, 1.54) is 0 Å². The number of benzene rings is 2. The molecule has 58 heavy (non-hydrogen) atoms. The molecule has 0 spiro atoms. The Morgan fingerprint density at radius 1 is 0.690 bits per heavy atom. The highest BCUT2D eigenvalue weighted by atomic mass is 16.5. The number of aryl methyl sites for hydroxylation is 4. The van der Waals surface area contributed by atoms with Gasteiger partial charge in [0.1, 0.15) is 23.9 Å². The third kappa shape index (κ3) is 6.45. The van der Waals surface area contributed by atoms with Crippen LogP contribution in [0.25, 0.3) is 21.8 Å². The summed E-state index contributed by atoms with van der Waals surface area (Å²) in [6.45, 7) is 4.20. The van der Waals surface area contributed by atoms with Gasteiger partial charge in [-0.2, -0.15) is 0 Å². The molecule has 8 rings (SSSR count). The largest absolute Gasteiger partial charge is 0.453 e. The van der Waals surface area contributed by atoms with E-state index in [0.29, 0.717) is 56.0 Å². The smallest absolute Gasteiger partial charge is 0.331 e. The van der Waals surface area contributed by atoms with E-state index in [2.05, 4.69) is 9.97 Å². The fourth-order valence-corrected chi connectivity index (χ4v) is 8.56. The monoisotopic (exact) mass is 784 g/mol. The van der Waals surface area contributed by atoms with Gasteiger partial charge in [0.05, 0.1) is 22.5 Å². The van der Waals surface area contributed by atoms with Crippen LogP contribution in [0.3, 0.4) is 0 Å². The van der Waals surface area contributed by atoms with E-state index in [1.54, 1.807) is 84.4 Å². The highest BCUT2D eigenvalue weighted by Crippen LogP contribution is 2.43. The second-order valence-electron chi connectivity index (χ2n) is 14.9. The van der Waals surface area contributed by atoms with Crippen LogP contribution < -0.4 is 11.5 Å². The number of hydrogen-bond donors (Lipinski definition) is 2. The van der Waals surface area contributed by atoms with Crippen LogP contribution in [0, 0.1) is 25.7 Å². The van der Waals surface area contributed by atoms with E-state index in [1.807, 2.05) is 23.0 Å². The first-order valence-corrected chi connectivity index (χ1v) is 18.7. The van der Waals surface area contributed by atoms with Crippen molar-refractivity contribution in [2.24, 2.45) is 37.4 Å². The van der Waals surface area contributed by atoms with Gasteiger partial charge in [0, 0.05) is 122 Å². The number of primary amides is 2. The van der Waals surface area contributed by atoms with Crippen molar-refractivity contribution in [2.75, 3.05) is 0 Å². The number of ketones is 2. The topological polar surface area (TPSA) is 218 Å². The summed E-state index contributed by atoms with van der Waals surface area (Å²) in [6.07, 6.45) is 7.26. The number of amides is 2. The minimum absolute atomic E-state index is 0.148. The molecule has 0 fully saturated rings. The first-order valence-electron chi connectivity index (χ1n) is 18.7. The Morgan fingerprint density at radius 2 is 1.09 bits per heavy atom. The summed E-state index contributed by atoms with van der Waals surface area (Å²) in [5.74, 6) is -3.15. The standard InChI is InChI=1S/C42H40N8O8/c1-21-45-11-13-49(21)19-25-17-31(37-35(39(25)53)27-15-23(41(43)55)5-7-29(27)47(37)3)57-33(51)9-10-34(52)58-32-18-26(20-50-14-12-46-22(50)2)40(54)36-28-16-24(42(44)56)6-8-30(28)48(4)38(32)36/h5-16,25-26,31-32H,17-20H2,1-4H3,(H2,43,55)(H2,44,56)/b10-9-. The average molecular weight is 785 g/mol. The van der Waals surface area contributed by atoms with E-state index >= 15 is 0 Å². The van der Waals surface area contributed by atoms with Crippen LogP contribution >= 0.6 is 0 Å². The SMILES string of the molecule is Cc1nccn1CC1CC(OC(=O)/C=C\C(=O)OC2CC(Cn3ccnc3C)C(=O)c3c2n(C)c2ccc(C(N)=O)cc32)c2c(c3cc(C(N)=O)ccc3n2C)C1=O. The quantitative estimate of drug-likeness (QED) is 0.150. The lowest BCUT2D eigenvalue weighted by Gasteiger charge is -2.30. The molecule has 4 unspecified atom stereocenters. The van der Waals surface area contributed by atoms with Gasteiger partial charge in [-0.1, -0.05) is 0 Å². The third-order valence-electron chi connectivity index (χ3n) is 11.5. The molecule has 2 aliphatic carbocycles. The summed E-state index contributed by atoms with van der Waals surface area (Å²) in [5.41, 5.74) is 14.5. The molecular formula is C42H40N8O8. The van der Waals surface area contributed by atoms with Crippen molar-refractivity contribution in [1.82, 2.24) is 28.2 Å². The summed E-state index contributed by atoms with van der Waals surface area (Å²) >= 11 is 0. The zero-order valence-electron chi connectivity index (χ0n) is 32.2. The summed E-state index contributed by atoms with van der Waals surface area (Å²) < 4.78 is 19.2. The van der Waals surface area contributed by atoms with Gasteiger partial charge in [-0.3, -0.25) is 19.2 Å². The van der Waals surface area contributed by atoms with Crippen LogP contribution in [0.5, 0.6) is 0 Å². The number of Topliss-reactive ketones (excluding diaryl/α,β-unsaturated/α-hetero) is 2. The zero-order valence-corrected chi connectivity index (χ0v) is 32.2. The van der Waals surface area contributed by atoms with E-state index in [-0.39, 0.29) is 48.6 Å². The zero-order chi connectivity index (χ0) is 41.2. The average Bonchev–Trinajstić information content (AvgIpc) is 3.95. The van der Waals surface area contributed by atoms with Crippen molar-refractivity contribution in [2.45, 2.75) is 52.0 Å². The molecule has 2 aliphatic rings. The molecule has 4 atom stereocenters. The van der Waals surface area contributed by atoms with Gasteiger partial charge in [-0.05, 0) is 50.2 Å². The lowest BCUT2D eigenvalue weighted by molar-refractivity contribution is -0.147. The molecule has 16 heteroatoms. The maximum atomic E-state index is 14.1. The lowest BCUT2D eigenvalue weighted by atomic mass is 9.83. The second-order valence-corrected chi connectivity index (χ2v) is 14.9. The second kappa shape index (κ2) is 14.4. The Bertz CT molecular complexity index is 2580. The van der Waals surface area contributed by atoms with Crippen molar-refractivity contribution < 1.29 is 38.2 Å². The predicted octanol–water partition coefficient (Wildman–Crippen LogP) is 4.11. The minimum atomic E-state index is -0.899. The highest BCUT2D eigenvalue weighted by molar-refractivity contribution is 6.14. The van der Waals surface area contributed by atoms with Crippen molar-refractivity contribution >= 4 is 57.1 Å². The number of aromatic nitrogens is 6. The fraction of sp³-hybridized carbons (Fsp3) is 0.286. The number of nitrogens with two attached hydrogens (primary N) is 2. The van der Waals surface area contributed by atoms with Gasteiger partial charge in [0.25, 0.3) is 0 Å². The van der Waals surface area contributed by atoms with E-state index in [0.717, 1.165) is 12.2 Å². The molecule has 0 saturated carbocycles. The van der Waals surface area contributed by atoms with E-state index in [9.17, 15) is 28.8 Å². The number of fused-ring (bicyclic) bond motifs is 6. The normalized spacial score (nSPS) is 19.1. The van der Waals surface area contributed by atoms with Crippen molar-refractivity contribution in [1.29, 1.82) is 0 Å². The van der Waals surface area contributed by atoms with Gasteiger partial charge in [0.15, 0.2) is 11.6 Å². The van der Waals surface area contributed by atoms with Gasteiger partial charge in [0.2, 0.25) is 11.8 Å². The van der Waals surface area contributed by atoms with Gasteiger partial charge >= 0.3 is 11.9 Å². The van der Waals surface area contributed by atoms with Crippen LogP contribution in [0.2, 0.25) is 0 Å². The molecule has 0 radical (unpaired) electrons. The third-order valence-corrected chi connectivity index (χ3v) is 11.5. The Labute approximate surface area is 331 Å². The molecule has 4 N–H and O–H groups in total. The van der Waals surface area contributed by atoms with Crippen LogP contribution in [0.15, 0.2) is 73.3 Å². The van der Waals surface area contributed by atoms with Crippen LogP contribution in [0.4, 0.5) is 0 Å². The molecule has 6 aromatic rings. The molecule has 2 aromatic carbocycles. The lowest BCUT2D eigenvalue weighted by Crippen LogP contribution is -2.32. The Kier molecular flexibility index (Phi) is 9.41. The maximum Gasteiger partial charge on any atom is 0.331 e. The highest BCUT2D eigenvalue weighted by Gasteiger charge is 2.42. The number of rotatable bonds is 10. The summed E-state index contributed by atoms with van der Waals surface area (Å²) in [4.78, 5) is 88.1. The number of hydrogen-bond acceptors (Lipinski definition) is 10. The van der Waals surface area contributed by atoms with E-state index in [4.69, 9.17) is 20.9 Å². The Balaban J connectivity index is 1.08. The number of nitrogens with zero attached hydrogens (tertiary/aromatic N) is 6. The van der Waals surface area contributed by atoms with Crippen molar-refractivity contribution in [3.05, 3.63) is 119 Å². The first kappa shape index (κ1) is 37.8. The summed E-state index contributed by atoms with van der Waals surface area (Å²) in [6, 6.07) is 9.69. The molecule has 296 valence electrons. The molecule has 0 bridgehead atoms. The first-order chi connectivity index (χ1) is 27.7. The molecule has 4 aromatic heterocycles. The summed E-state index contributed by atoms with van der Waals surface area (Å²) in [5, 5.41) is 1.02. The Morgan fingerprint density at radius 3 is 1.43 bits per heavy atom. The molecule has 16 nitrogen and oxygen atoms in total. The molecule has 4 heterocycles. The van der Waals surface area contributed by atoms with Crippen LogP contribution in [0.1, 0.15) is 89.5 Å². The maximum absolute atomic E-state index is 14.1. The number of carbonyl (C=O) groups is 6. The molecular weight excluding hydrogens is 745 g/mol. The van der Waals surface area contributed by atoms with E-state index < -0.39 is 47.8 Å². The van der Waals surface area contributed by atoms with Gasteiger partial charge < -0.3 is 39.2 Å².